The lowest BCUT2D eigenvalue weighted by molar-refractivity contribution is -0.158. The summed E-state index contributed by atoms with van der Waals surface area (Å²) in [4.78, 5) is 27.4. The Morgan fingerprint density at radius 1 is 0.711 bits per heavy atom. The number of carbonyl (C=O) groups is 2. The van der Waals surface area contributed by atoms with E-state index in [4.69, 9.17) is 14.2 Å². The first-order valence-electron chi connectivity index (χ1n) is 12.4. The van der Waals surface area contributed by atoms with Gasteiger partial charge in [-0.3, -0.25) is 4.79 Å². The van der Waals surface area contributed by atoms with E-state index in [1.165, 1.54) is 17.3 Å². The van der Waals surface area contributed by atoms with Crippen LogP contribution in [0, 0.1) is 0 Å². The molecule has 3 aromatic carbocycles. The highest BCUT2D eigenvalue weighted by molar-refractivity contribution is 5.82. The Bertz CT molecular complexity index is 1200. The van der Waals surface area contributed by atoms with Crippen LogP contribution in [0.4, 0.5) is 0 Å². The summed E-state index contributed by atoms with van der Waals surface area (Å²) in [6.07, 6.45) is 1.90. The predicted molar refractivity (Wildman–Crippen MR) is 143 cm³/mol. The van der Waals surface area contributed by atoms with Gasteiger partial charge >= 0.3 is 5.97 Å². The molecule has 0 amide bonds. The zero-order valence-electron chi connectivity index (χ0n) is 21.7. The molecule has 0 aliphatic heterocycles. The van der Waals surface area contributed by atoms with Crippen molar-refractivity contribution in [3.8, 4) is 0 Å². The van der Waals surface area contributed by atoms with Crippen molar-refractivity contribution in [2.45, 2.75) is 52.4 Å². The molecular formula is C30H33N3O5. The van der Waals surface area contributed by atoms with Crippen LogP contribution in [0.2, 0.25) is 0 Å². The molecule has 0 spiro atoms. The third-order valence-electron chi connectivity index (χ3n) is 5.48. The Hall–Kier alpha value is -4.14. The highest BCUT2D eigenvalue weighted by Crippen LogP contribution is 2.07. The molecule has 4 rings (SSSR count). The summed E-state index contributed by atoms with van der Waals surface area (Å²) in [7, 11) is 0. The van der Waals surface area contributed by atoms with Gasteiger partial charge in [0.2, 0.25) is 0 Å². The first-order valence-corrected chi connectivity index (χ1v) is 12.4. The van der Waals surface area contributed by atoms with E-state index in [-0.39, 0.29) is 24.9 Å². The largest absolute Gasteiger partial charge is 0.459 e. The standard InChI is InChI=1S/C17H18O3.C13H15N3O2/c1-14(19-12-15-8-4-2-5-9-15)17(18)20-13-16-10-6-3-7-11-16;1-11(13(17)7-16-10-14-9-15-16)18-8-12-5-3-2-4-6-12/h2-11,14H,12-13H2,1H3;2-6,9-11H,7-8H2,1H3/t14-;11-/m00/s1. The number of esters is 1. The fourth-order valence-corrected chi connectivity index (χ4v) is 3.20. The van der Waals surface area contributed by atoms with E-state index >= 15 is 0 Å². The molecule has 0 unspecified atom stereocenters. The van der Waals surface area contributed by atoms with E-state index in [0.717, 1.165) is 16.7 Å². The van der Waals surface area contributed by atoms with Crippen molar-refractivity contribution in [3.05, 3.63) is 120 Å². The zero-order valence-corrected chi connectivity index (χ0v) is 21.7. The van der Waals surface area contributed by atoms with Gasteiger partial charge in [0.05, 0.1) is 13.2 Å². The number of ketones is 1. The number of nitrogens with zero attached hydrogens (tertiary/aromatic N) is 3. The molecular weight excluding hydrogens is 482 g/mol. The molecule has 4 aromatic rings. The molecule has 1 aromatic heterocycles. The van der Waals surface area contributed by atoms with E-state index in [1.54, 1.807) is 13.8 Å². The minimum absolute atomic E-state index is 0.0172. The monoisotopic (exact) mass is 515 g/mol. The normalized spacial score (nSPS) is 12.1. The van der Waals surface area contributed by atoms with E-state index in [1.807, 2.05) is 91.0 Å². The van der Waals surface area contributed by atoms with Crippen LogP contribution in [0.3, 0.4) is 0 Å². The molecule has 0 bridgehead atoms. The second-order valence-corrected chi connectivity index (χ2v) is 8.53. The molecule has 0 aliphatic carbocycles. The van der Waals surface area contributed by atoms with Gasteiger partial charge in [-0.1, -0.05) is 91.0 Å². The van der Waals surface area contributed by atoms with Crippen molar-refractivity contribution in [2.24, 2.45) is 0 Å². The summed E-state index contributed by atoms with van der Waals surface area (Å²) in [6.45, 7) is 4.76. The summed E-state index contributed by atoms with van der Waals surface area (Å²) in [5.74, 6) is -0.360. The first kappa shape index (κ1) is 28.4. The van der Waals surface area contributed by atoms with E-state index < -0.39 is 12.2 Å². The molecule has 8 nitrogen and oxygen atoms in total. The van der Waals surface area contributed by atoms with Crippen LogP contribution < -0.4 is 0 Å². The summed E-state index contributed by atoms with van der Waals surface area (Å²) >= 11 is 0. The first-order chi connectivity index (χ1) is 18.5. The second kappa shape index (κ2) is 15.9. The minimum atomic E-state index is -0.570. The van der Waals surface area contributed by atoms with Crippen molar-refractivity contribution >= 4 is 11.8 Å². The van der Waals surface area contributed by atoms with Gasteiger partial charge in [-0.2, -0.15) is 5.10 Å². The molecule has 0 aliphatic rings. The highest BCUT2D eigenvalue weighted by Gasteiger charge is 2.15. The molecule has 8 heteroatoms. The van der Waals surface area contributed by atoms with Crippen LogP contribution in [0.25, 0.3) is 0 Å². The van der Waals surface area contributed by atoms with Crippen molar-refractivity contribution in [1.82, 2.24) is 14.8 Å². The lowest BCUT2D eigenvalue weighted by atomic mass is 10.2. The molecule has 0 fully saturated rings. The quantitative estimate of drug-likeness (QED) is 0.251. The van der Waals surface area contributed by atoms with Crippen molar-refractivity contribution in [2.75, 3.05) is 0 Å². The molecule has 1 heterocycles. The smallest absolute Gasteiger partial charge is 0.335 e. The average Bonchev–Trinajstić information content (AvgIpc) is 3.48. The van der Waals surface area contributed by atoms with Crippen LogP contribution in [0.1, 0.15) is 30.5 Å². The third kappa shape index (κ3) is 10.5. The topological polar surface area (TPSA) is 92.5 Å². The van der Waals surface area contributed by atoms with Crippen molar-refractivity contribution < 1.29 is 23.8 Å². The van der Waals surface area contributed by atoms with Gasteiger partial charge in [0.15, 0.2) is 11.9 Å². The maximum atomic E-state index is 11.8. The molecule has 38 heavy (non-hydrogen) atoms. The van der Waals surface area contributed by atoms with Crippen molar-refractivity contribution in [1.29, 1.82) is 0 Å². The lowest BCUT2D eigenvalue weighted by Crippen LogP contribution is -2.25. The zero-order chi connectivity index (χ0) is 27.0. The third-order valence-corrected chi connectivity index (χ3v) is 5.48. The minimum Gasteiger partial charge on any atom is -0.459 e. The maximum absolute atomic E-state index is 11.8. The second-order valence-electron chi connectivity index (χ2n) is 8.53. The van der Waals surface area contributed by atoms with Crippen LogP contribution in [-0.2, 0) is 50.2 Å². The van der Waals surface area contributed by atoms with Gasteiger partial charge in [-0.25, -0.2) is 14.5 Å². The Morgan fingerprint density at radius 3 is 1.66 bits per heavy atom. The van der Waals surface area contributed by atoms with Crippen LogP contribution >= 0.6 is 0 Å². The lowest BCUT2D eigenvalue weighted by Gasteiger charge is -2.12. The van der Waals surface area contributed by atoms with Gasteiger partial charge in [-0.15, -0.1) is 0 Å². The number of aromatic nitrogens is 3. The highest BCUT2D eigenvalue weighted by atomic mass is 16.6. The van der Waals surface area contributed by atoms with E-state index in [2.05, 4.69) is 10.1 Å². The SMILES string of the molecule is C[C@H](OCc1ccccc1)C(=O)Cn1cncn1.C[C@H](OCc1ccccc1)C(=O)OCc1ccccc1. The molecule has 198 valence electrons. The summed E-state index contributed by atoms with van der Waals surface area (Å²) in [5.41, 5.74) is 3.06. The number of rotatable bonds is 12. The van der Waals surface area contributed by atoms with Gasteiger partial charge in [0, 0.05) is 0 Å². The van der Waals surface area contributed by atoms with E-state index in [0.29, 0.717) is 13.2 Å². The average molecular weight is 516 g/mol. The van der Waals surface area contributed by atoms with Crippen LogP contribution in [-0.4, -0.2) is 38.7 Å². The molecule has 2 atom stereocenters. The Morgan fingerprint density at radius 2 is 1.18 bits per heavy atom. The van der Waals surface area contributed by atoms with E-state index in [9.17, 15) is 9.59 Å². The van der Waals surface area contributed by atoms with Crippen molar-refractivity contribution in [3.63, 3.8) is 0 Å². The predicted octanol–water partition coefficient (Wildman–Crippen LogP) is 4.79. The number of ether oxygens (including phenoxy) is 3. The number of hydrogen-bond acceptors (Lipinski definition) is 7. The Kier molecular flexibility index (Phi) is 11.9. The molecule has 0 saturated carbocycles. The summed E-state index contributed by atoms with van der Waals surface area (Å²) in [5, 5.41) is 3.89. The summed E-state index contributed by atoms with van der Waals surface area (Å²) < 4.78 is 17.7. The van der Waals surface area contributed by atoms with Crippen LogP contribution in [0.15, 0.2) is 104 Å². The number of benzene rings is 3. The Balaban J connectivity index is 0.000000212. The fraction of sp³-hybridized carbons (Fsp3) is 0.267. The molecule has 0 saturated heterocycles. The summed E-state index contributed by atoms with van der Waals surface area (Å²) in [6, 6.07) is 29.1. The van der Waals surface area contributed by atoms with Gasteiger partial charge < -0.3 is 14.2 Å². The fourth-order valence-electron chi connectivity index (χ4n) is 3.20. The number of carbonyl (C=O) groups excluding carboxylic acids is 2. The van der Waals surface area contributed by atoms with Crippen LogP contribution in [0.5, 0.6) is 0 Å². The Labute approximate surface area is 223 Å². The van der Waals surface area contributed by atoms with Gasteiger partial charge in [0.25, 0.3) is 0 Å². The number of hydrogen-bond donors (Lipinski definition) is 0. The number of Topliss-reactive ketones (excluding diaryl/α,β-unsaturated/α-hetero) is 1. The van der Waals surface area contributed by atoms with Gasteiger partial charge in [-0.05, 0) is 30.5 Å². The van der Waals surface area contributed by atoms with Gasteiger partial charge in [0.1, 0.15) is 31.9 Å². The molecule has 0 N–H and O–H groups in total. The maximum Gasteiger partial charge on any atom is 0.335 e. The molecule has 0 radical (unpaired) electrons.